The van der Waals surface area contributed by atoms with Gasteiger partial charge in [-0.2, -0.15) is 0 Å². The van der Waals surface area contributed by atoms with E-state index in [1.165, 1.54) is 5.56 Å². The van der Waals surface area contributed by atoms with Crippen molar-refractivity contribution in [1.29, 1.82) is 0 Å². The number of benzene rings is 1. The van der Waals surface area contributed by atoms with Crippen LogP contribution in [0.1, 0.15) is 18.4 Å². The first-order valence-electron chi connectivity index (χ1n) is 9.05. The lowest BCUT2D eigenvalue weighted by Gasteiger charge is -2.53. The second-order valence-corrected chi connectivity index (χ2v) is 7.80. The first kappa shape index (κ1) is 17.3. The highest BCUT2D eigenvalue weighted by Gasteiger charge is 2.46. The molecule has 1 aromatic carbocycles. The molecule has 2 fully saturated rings. The quantitative estimate of drug-likeness (QED) is 0.892. The van der Waals surface area contributed by atoms with Crippen LogP contribution < -0.4 is 5.32 Å². The largest absolute Gasteiger partial charge is 0.323 e. The van der Waals surface area contributed by atoms with E-state index in [0.29, 0.717) is 5.41 Å². The summed E-state index contributed by atoms with van der Waals surface area (Å²) in [5.74, 6) is 0. The van der Waals surface area contributed by atoms with Gasteiger partial charge in [0, 0.05) is 36.3 Å². The number of hydrogen-bond donors (Lipinski definition) is 1. The highest BCUT2D eigenvalue weighted by atomic mass is 35.5. The summed E-state index contributed by atoms with van der Waals surface area (Å²) in [6.45, 7) is 4.71. The van der Waals surface area contributed by atoms with E-state index in [1.807, 2.05) is 35.2 Å². The van der Waals surface area contributed by atoms with Gasteiger partial charge < -0.3 is 10.2 Å². The molecule has 0 aliphatic carbocycles. The maximum atomic E-state index is 12.3. The zero-order valence-electron chi connectivity index (χ0n) is 14.7. The van der Waals surface area contributed by atoms with Crippen molar-refractivity contribution in [2.24, 2.45) is 5.41 Å². The van der Waals surface area contributed by atoms with E-state index in [0.717, 1.165) is 56.3 Å². The SMILES string of the molecule is O=C(Nc1cccnc1)N1CC2(CCN(Cc3ccccc3Cl)CC2)C1. The van der Waals surface area contributed by atoms with Gasteiger partial charge in [0.1, 0.15) is 0 Å². The van der Waals surface area contributed by atoms with Crippen molar-refractivity contribution in [1.82, 2.24) is 14.8 Å². The molecule has 2 aliphatic rings. The van der Waals surface area contributed by atoms with Crippen molar-refractivity contribution in [3.63, 3.8) is 0 Å². The zero-order valence-corrected chi connectivity index (χ0v) is 15.5. The van der Waals surface area contributed by atoms with Crippen LogP contribution in [0.5, 0.6) is 0 Å². The fourth-order valence-corrected chi connectivity index (χ4v) is 4.11. The molecule has 2 aliphatic heterocycles. The molecule has 2 amide bonds. The minimum absolute atomic E-state index is 0.0258. The number of amides is 2. The van der Waals surface area contributed by atoms with Crippen molar-refractivity contribution in [3.8, 4) is 0 Å². The number of urea groups is 1. The van der Waals surface area contributed by atoms with Crippen LogP contribution in [-0.2, 0) is 6.54 Å². The number of carbonyl (C=O) groups is 1. The lowest BCUT2D eigenvalue weighted by molar-refractivity contribution is -0.0200. The van der Waals surface area contributed by atoms with Gasteiger partial charge in [-0.1, -0.05) is 29.8 Å². The molecule has 3 heterocycles. The molecule has 4 rings (SSSR count). The van der Waals surface area contributed by atoms with Crippen LogP contribution in [0.3, 0.4) is 0 Å². The van der Waals surface area contributed by atoms with Gasteiger partial charge in [-0.05, 0) is 49.7 Å². The number of anilines is 1. The zero-order chi connectivity index (χ0) is 18.0. The van der Waals surface area contributed by atoms with Crippen molar-refractivity contribution in [3.05, 3.63) is 59.4 Å². The van der Waals surface area contributed by atoms with E-state index in [-0.39, 0.29) is 6.03 Å². The van der Waals surface area contributed by atoms with Gasteiger partial charge in [-0.25, -0.2) is 4.79 Å². The molecule has 6 heteroatoms. The maximum absolute atomic E-state index is 12.3. The Morgan fingerprint density at radius 1 is 1.15 bits per heavy atom. The van der Waals surface area contributed by atoms with Gasteiger partial charge in [-0.15, -0.1) is 0 Å². The highest BCUT2D eigenvalue weighted by molar-refractivity contribution is 6.31. The summed E-state index contributed by atoms with van der Waals surface area (Å²) in [5.41, 5.74) is 2.23. The number of aromatic nitrogens is 1. The van der Waals surface area contributed by atoms with Crippen molar-refractivity contribution >= 4 is 23.3 Å². The lowest BCUT2D eigenvalue weighted by Crippen LogP contribution is -2.62. The standard InChI is InChI=1S/C20H23ClN4O/c21-18-6-2-1-4-16(18)13-24-10-7-20(8-11-24)14-25(15-20)19(26)23-17-5-3-9-22-12-17/h1-6,9,12H,7-8,10-11,13-15H2,(H,23,26). The Labute approximate surface area is 159 Å². The molecule has 26 heavy (non-hydrogen) atoms. The second-order valence-electron chi connectivity index (χ2n) is 7.40. The van der Waals surface area contributed by atoms with E-state index in [2.05, 4.69) is 21.3 Å². The Morgan fingerprint density at radius 2 is 1.92 bits per heavy atom. The van der Waals surface area contributed by atoms with Gasteiger partial charge in [-0.3, -0.25) is 9.88 Å². The molecular formula is C20H23ClN4O. The first-order valence-corrected chi connectivity index (χ1v) is 9.43. The van der Waals surface area contributed by atoms with E-state index in [9.17, 15) is 4.79 Å². The second kappa shape index (κ2) is 7.25. The molecule has 0 unspecified atom stereocenters. The average Bonchev–Trinajstić information content (AvgIpc) is 2.63. The minimum Gasteiger partial charge on any atom is -0.323 e. The Hall–Kier alpha value is -2.11. The number of pyridine rings is 1. The van der Waals surface area contributed by atoms with E-state index in [4.69, 9.17) is 11.6 Å². The number of nitrogens with one attached hydrogen (secondary N) is 1. The molecule has 0 radical (unpaired) electrons. The summed E-state index contributed by atoms with van der Waals surface area (Å²) in [4.78, 5) is 20.7. The minimum atomic E-state index is -0.0258. The smallest absolute Gasteiger partial charge is 0.321 e. The number of rotatable bonds is 3. The number of likely N-dealkylation sites (tertiary alicyclic amines) is 2. The van der Waals surface area contributed by atoms with Crippen LogP contribution in [0.15, 0.2) is 48.8 Å². The molecule has 1 aromatic heterocycles. The molecule has 136 valence electrons. The fourth-order valence-electron chi connectivity index (χ4n) is 3.92. The third-order valence-electron chi connectivity index (χ3n) is 5.52. The van der Waals surface area contributed by atoms with Crippen molar-refractivity contribution in [2.75, 3.05) is 31.5 Å². The predicted molar refractivity (Wildman–Crippen MR) is 103 cm³/mol. The van der Waals surface area contributed by atoms with Gasteiger partial charge in [0.15, 0.2) is 0 Å². The summed E-state index contributed by atoms with van der Waals surface area (Å²) < 4.78 is 0. The highest BCUT2D eigenvalue weighted by Crippen LogP contribution is 2.41. The average molecular weight is 371 g/mol. The molecule has 0 atom stereocenters. The molecule has 0 saturated carbocycles. The Morgan fingerprint density at radius 3 is 2.62 bits per heavy atom. The molecular weight excluding hydrogens is 348 g/mol. The Balaban J connectivity index is 1.26. The monoisotopic (exact) mass is 370 g/mol. The molecule has 2 saturated heterocycles. The summed E-state index contributed by atoms with van der Waals surface area (Å²) in [6.07, 6.45) is 5.63. The molecule has 2 aromatic rings. The Kier molecular flexibility index (Phi) is 4.83. The molecule has 5 nitrogen and oxygen atoms in total. The number of carbonyl (C=O) groups excluding carboxylic acids is 1. The fraction of sp³-hybridized carbons (Fsp3) is 0.400. The summed E-state index contributed by atoms with van der Waals surface area (Å²) in [6, 6.07) is 11.7. The van der Waals surface area contributed by atoms with Crippen LogP contribution in [0.4, 0.5) is 10.5 Å². The van der Waals surface area contributed by atoms with Crippen LogP contribution in [-0.4, -0.2) is 47.0 Å². The van der Waals surface area contributed by atoms with E-state index in [1.54, 1.807) is 12.4 Å². The molecule has 1 spiro atoms. The summed E-state index contributed by atoms with van der Waals surface area (Å²) in [7, 11) is 0. The summed E-state index contributed by atoms with van der Waals surface area (Å²) >= 11 is 6.28. The maximum Gasteiger partial charge on any atom is 0.321 e. The van der Waals surface area contributed by atoms with Gasteiger partial charge in [0.2, 0.25) is 0 Å². The van der Waals surface area contributed by atoms with E-state index < -0.39 is 0 Å². The van der Waals surface area contributed by atoms with Gasteiger partial charge in [0.25, 0.3) is 0 Å². The first-order chi connectivity index (χ1) is 12.6. The topological polar surface area (TPSA) is 48.5 Å². The van der Waals surface area contributed by atoms with Gasteiger partial charge in [0.05, 0.1) is 11.9 Å². The number of nitrogens with zero attached hydrogens (tertiary/aromatic N) is 3. The van der Waals surface area contributed by atoms with Crippen LogP contribution >= 0.6 is 11.6 Å². The summed E-state index contributed by atoms with van der Waals surface area (Å²) in [5, 5.41) is 3.76. The Bertz CT molecular complexity index is 766. The van der Waals surface area contributed by atoms with E-state index >= 15 is 0 Å². The van der Waals surface area contributed by atoms with Crippen LogP contribution in [0.2, 0.25) is 5.02 Å². The van der Waals surface area contributed by atoms with Gasteiger partial charge >= 0.3 is 6.03 Å². The predicted octanol–water partition coefficient (Wildman–Crippen LogP) is 3.86. The molecule has 0 bridgehead atoms. The van der Waals surface area contributed by atoms with Crippen LogP contribution in [0.25, 0.3) is 0 Å². The third-order valence-corrected chi connectivity index (χ3v) is 5.89. The molecule has 1 N–H and O–H groups in total. The normalized spacial score (nSPS) is 19.2. The lowest BCUT2D eigenvalue weighted by atomic mass is 9.72. The van der Waals surface area contributed by atoms with Crippen molar-refractivity contribution in [2.45, 2.75) is 19.4 Å². The van der Waals surface area contributed by atoms with Crippen molar-refractivity contribution < 1.29 is 4.79 Å². The number of hydrogen-bond acceptors (Lipinski definition) is 3. The number of piperidine rings is 1. The number of halogens is 1. The van der Waals surface area contributed by atoms with Crippen LogP contribution in [0, 0.1) is 5.41 Å². The third kappa shape index (κ3) is 3.69.